The summed E-state index contributed by atoms with van der Waals surface area (Å²) in [7, 11) is 0. The monoisotopic (exact) mass is 362 g/mol. The first kappa shape index (κ1) is 17.9. The number of rotatable bonds is 6. The van der Waals surface area contributed by atoms with Gasteiger partial charge in [0.05, 0.1) is 44.5 Å². The van der Waals surface area contributed by atoms with Gasteiger partial charge >= 0.3 is 0 Å². The van der Waals surface area contributed by atoms with E-state index in [1.54, 1.807) is 4.90 Å². The molecule has 2 bridgehead atoms. The van der Waals surface area contributed by atoms with Gasteiger partial charge in [-0.1, -0.05) is 18.6 Å². The van der Waals surface area contributed by atoms with Crippen LogP contribution in [0, 0.1) is 11.8 Å². The number of fused-ring (bicyclic) bond motifs is 3. The topological polar surface area (TPSA) is 64.7 Å². The van der Waals surface area contributed by atoms with Crippen LogP contribution in [0.25, 0.3) is 0 Å². The molecule has 7 nitrogen and oxygen atoms in total. The van der Waals surface area contributed by atoms with Crippen molar-refractivity contribution >= 4 is 5.91 Å². The van der Waals surface area contributed by atoms with Crippen molar-refractivity contribution in [1.82, 2.24) is 19.9 Å². The molecule has 0 aliphatic carbocycles. The average molecular weight is 362 g/mol. The highest BCUT2D eigenvalue weighted by molar-refractivity contribution is 5.79. The molecule has 0 spiro atoms. The number of carbonyl (C=O) groups is 1. The van der Waals surface area contributed by atoms with Crippen LogP contribution in [0.1, 0.15) is 38.3 Å². The number of amides is 1. The zero-order valence-electron chi connectivity index (χ0n) is 15.9. The van der Waals surface area contributed by atoms with E-state index in [4.69, 9.17) is 4.74 Å². The van der Waals surface area contributed by atoms with Crippen molar-refractivity contribution in [3.05, 3.63) is 11.9 Å². The Kier molecular flexibility index (Phi) is 5.55. The van der Waals surface area contributed by atoms with Gasteiger partial charge in [-0.3, -0.25) is 4.79 Å². The molecule has 4 fully saturated rings. The van der Waals surface area contributed by atoms with E-state index >= 15 is 0 Å². The molecule has 4 atom stereocenters. The Balaban J connectivity index is 1.34. The first-order chi connectivity index (χ1) is 12.7. The van der Waals surface area contributed by atoms with Gasteiger partial charge in [-0.25, -0.2) is 4.68 Å². The summed E-state index contributed by atoms with van der Waals surface area (Å²) in [5.74, 6) is 1.12. The van der Waals surface area contributed by atoms with Crippen LogP contribution in [0.5, 0.6) is 0 Å². The van der Waals surface area contributed by atoms with Gasteiger partial charge in [-0.05, 0) is 18.8 Å². The number of ether oxygens (including phenoxy) is 1. The molecule has 0 aromatic carbocycles. The van der Waals surface area contributed by atoms with Crippen LogP contribution in [0.15, 0.2) is 6.20 Å². The second kappa shape index (κ2) is 8.05. The third-order valence-corrected chi connectivity index (χ3v) is 6.47. The molecular formula is C19H32N5O2+. The van der Waals surface area contributed by atoms with Crippen LogP contribution >= 0.6 is 0 Å². The molecule has 1 N–H and O–H groups in total. The number of carbonyl (C=O) groups excluding carboxylic acids is 1. The molecule has 0 radical (unpaired) electrons. The van der Waals surface area contributed by atoms with Crippen molar-refractivity contribution in [2.24, 2.45) is 11.8 Å². The number of hydrogen-bond donors (Lipinski definition) is 1. The van der Waals surface area contributed by atoms with Crippen LogP contribution in [0.2, 0.25) is 0 Å². The van der Waals surface area contributed by atoms with Gasteiger partial charge in [-0.15, -0.1) is 5.10 Å². The highest BCUT2D eigenvalue weighted by atomic mass is 16.5. The van der Waals surface area contributed by atoms with Crippen LogP contribution in [0.3, 0.4) is 0 Å². The molecule has 1 amide bonds. The molecule has 5 rings (SSSR count). The molecule has 144 valence electrons. The Morgan fingerprint density at radius 3 is 2.96 bits per heavy atom. The third kappa shape index (κ3) is 3.78. The van der Waals surface area contributed by atoms with Gasteiger partial charge < -0.3 is 14.5 Å². The molecule has 4 saturated heterocycles. The van der Waals surface area contributed by atoms with E-state index in [9.17, 15) is 4.79 Å². The zero-order valence-corrected chi connectivity index (χ0v) is 15.9. The summed E-state index contributed by atoms with van der Waals surface area (Å²) in [4.78, 5) is 16.6. The van der Waals surface area contributed by atoms with Crippen molar-refractivity contribution in [2.75, 3.05) is 39.4 Å². The highest BCUT2D eigenvalue weighted by Gasteiger charge is 2.47. The molecule has 26 heavy (non-hydrogen) atoms. The lowest BCUT2D eigenvalue weighted by Gasteiger charge is -2.47. The summed E-state index contributed by atoms with van der Waals surface area (Å²) in [5, 5.41) is 8.66. The minimum absolute atomic E-state index is 0.212. The van der Waals surface area contributed by atoms with Crippen molar-refractivity contribution in [2.45, 2.75) is 51.6 Å². The summed E-state index contributed by atoms with van der Waals surface area (Å²) >= 11 is 0. The maximum absolute atomic E-state index is 12.9. The quantitative estimate of drug-likeness (QED) is 0.760. The number of morpholine rings is 1. The van der Waals surface area contributed by atoms with E-state index in [1.807, 2.05) is 9.58 Å². The third-order valence-electron chi connectivity index (χ3n) is 6.47. The van der Waals surface area contributed by atoms with Crippen LogP contribution < -0.4 is 4.90 Å². The Morgan fingerprint density at radius 2 is 2.23 bits per heavy atom. The molecule has 4 aliphatic heterocycles. The molecule has 5 heterocycles. The van der Waals surface area contributed by atoms with Gasteiger partial charge in [0.2, 0.25) is 5.91 Å². The minimum Gasteiger partial charge on any atom is -0.378 e. The number of unbranched alkanes of at least 4 members (excludes halogenated alkanes) is 1. The van der Waals surface area contributed by atoms with E-state index in [-0.39, 0.29) is 5.92 Å². The summed E-state index contributed by atoms with van der Waals surface area (Å²) < 4.78 is 7.42. The summed E-state index contributed by atoms with van der Waals surface area (Å²) in [6, 6.07) is 0.572. The van der Waals surface area contributed by atoms with Crippen molar-refractivity contribution in [3.8, 4) is 0 Å². The largest absolute Gasteiger partial charge is 0.378 e. The van der Waals surface area contributed by atoms with E-state index in [0.29, 0.717) is 31.1 Å². The zero-order chi connectivity index (χ0) is 17.9. The maximum atomic E-state index is 12.9. The predicted octanol–water partition coefficient (Wildman–Crippen LogP) is -0.227. The summed E-state index contributed by atoms with van der Waals surface area (Å²) in [6.45, 7) is 8.23. The minimum atomic E-state index is 0.212. The van der Waals surface area contributed by atoms with Crippen molar-refractivity contribution in [1.29, 1.82) is 0 Å². The number of quaternary nitrogens is 1. The smallest absolute Gasteiger partial charge is 0.231 e. The molecule has 1 aromatic heterocycles. The molecule has 1 aromatic rings. The lowest BCUT2D eigenvalue weighted by atomic mass is 9.75. The van der Waals surface area contributed by atoms with Gasteiger partial charge in [0.25, 0.3) is 0 Å². The lowest BCUT2D eigenvalue weighted by Crippen LogP contribution is -3.20. The van der Waals surface area contributed by atoms with Gasteiger partial charge in [0, 0.05) is 32.1 Å². The number of aryl methyl sites for hydroxylation is 1. The first-order valence-electron chi connectivity index (χ1n) is 10.3. The van der Waals surface area contributed by atoms with Crippen LogP contribution in [-0.4, -0.2) is 71.2 Å². The Morgan fingerprint density at radius 1 is 1.38 bits per heavy atom. The standard InChI is InChI=1S/C19H31N5O2/c1-2-3-4-16-12-24(21-20-16)13-17-11-15-5-6-23(17)14-18(15)19(25)22-7-9-26-10-8-22/h12,15,17-18H,2-11,13-14H2,1H3/p+1/t15-,17-,18+/m1/s1. The Labute approximate surface area is 155 Å². The average Bonchev–Trinajstić information content (AvgIpc) is 3.14. The van der Waals surface area contributed by atoms with Gasteiger partial charge in [0.15, 0.2) is 0 Å². The number of hydrogen-bond acceptors (Lipinski definition) is 4. The fourth-order valence-electron chi connectivity index (χ4n) is 4.95. The highest BCUT2D eigenvalue weighted by Crippen LogP contribution is 2.29. The van der Waals surface area contributed by atoms with Gasteiger partial charge in [0.1, 0.15) is 6.04 Å². The normalized spacial score (nSPS) is 31.3. The first-order valence-corrected chi connectivity index (χ1v) is 10.3. The molecule has 1 unspecified atom stereocenters. The van der Waals surface area contributed by atoms with Crippen LogP contribution in [-0.2, 0) is 22.5 Å². The maximum Gasteiger partial charge on any atom is 0.231 e. The predicted molar refractivity (Wildman–Crippen MR) is 96.7 cm³/mol. The second-order valence-corrected chi connectivity index (χ2v) is 8.17. The fourth-order valence-corrected chi connectivity index (χ4v) is 4.95. The molecule has 0 saturated carbocycles. The van der Waals surface area contributed by atoms with E-state index in [0.717, 1.165) is 44.7 Å². The number of nitrogens with zero attached hydrogens (tertiary/aromatic N) is 4. The molecular weight excluding hydrogens is 330 g/mol. The van der Waals surface area contributed by atoms with Crippen molar-refractivity contribution in [3.63, 3.8) is 0 Å². The SMILES string of the molecule is CCCCc1cn(C[C@H]2C[C@H]3CC[NH+]2C[C@@H]3C(=O)N2CCOCC2)nn1. The molecule has 4 aliphatic rings. The number of piperidine rings is 3. The van der Waals surface area contributed by atoms with Gasteiger partial charge in [-0.2, -0.15) is 0 Å². The van der Waals surface area contributed by atoms with Crippen LogP contribution in [0.4, 0.5) is 0 Å². The second-order valence-electron chi connectivity index (χ2n) is 8.17. The fraction of sp³-hybridized carbons (Fsp3) is 0.842. The number of nitrogens with one attached hydrogen (secondary N) is 1. The van der Waals surface area contributed by atoms with E-state index in [1.165, 1.54) is 25.8 Å². The van der Waals surface area contributed by atoms with E-state index < -0.39 is 0 Å². The number of aromatic nitrogens is 3. The summed E-state index contributed by atoms with van der Waals surface area (Å²) in [5.41, 5.74) is 1.11. The Hall–Kier alpha value is -1.47. The Bertz CT molecular complexity index is 613. The lowest BCUT2D eigenvalue weighted by molar-refractivity contribution is -0.945. The summed E-state index contributed by atoms with van der Waals surface area (Å²) in [6.07, 6.45) is 7.83. The van der Waals surface area contributed by atoms with Crippen molar-refractivity contribution < 1.29 is 14.4 Å². The molecule has 7 heteroatoms. The van der Waals surface area contributed by atoms with E-state index in [2.05, 4.69) is 23.4 Å².